The Bertz CT molecular complexity index is 450. The van der Waals surface area contributed by atoms with E-state index in [-0.39, 0.29) is 11.3 Å². The summed E-state index contributed by atoms with van der Waals surface area (Å²) in [5.74, 6) is 0.907. The van der Waals surface area contributed by atoms with Crippen LogP contribution in [-0.2, 0) is 4.79 Å². The molecular weight excluding hydrogens is 252 g/mol. The van der Waals surface area contributed by atoms with Crippen molar-refractivity contribution in [2.24, 2.45) is 17.1 Å². The summed E-state index contributed by atoms with van der Waals surface area (Å²) < 4.78 is 5.71. The molecule has 0 aliphatic carbocycles. The number of hydrogen-bond acceptors (Lipinski definition) is 3. The molecule has 0 aliphatic heterocycles. The fourth-order valence-electron chi connectivity index (χ4n) is 1.56. The number of hydrogen-bond donors (Lipinski definition) is 2. The van der Waals surface area contributed by atoms with Gasteiger partial charge >= 0.3 is 0 Å². The summed E-state index contributed by atoms with van der Waals surface area (Å²) in [5.41, 5.74) is 6.35. The molecule has 0 aromatic heterocycles. The van der Waals surface area contributed by atoms with E-state index in [4.69, 9.17) is 10.5 Å². The van der Waals surface area contributed by atoms with Gasteiger partial charge in [0.2, 0.25) is 5.91 Å². The van der Waals surface area contributed by atoms with Crippen molar-refractivity contribution in [2.45, 2.75) is 40.7 Å². The van der Waals surface area contributed by atoms with Gasteiger partial charge in [-0.1, -0.05) is 46.8 Å². The van der Waals surface area contributed by atoms with E-state index in [1.807, 2.05) is 45.0 Å². The highest BCUT2D eigenvalue weighted by Crippen LogP contribution is 2.26. The highest BCUT2D eigenvalue weighted by molar-refractivity contribution is 5.96. The van der Waals surface area contributed by atoms with Crippen molar-refractivity contribution in [2.75, 3.05) is 11.9 Å². The molecule has 1 aromatic carbocycles. The zero-order valence-electron chi connectivity index (χ0n) is 13.1. The molecule has 0 radical (unpaired) electrons. The number of rotatable bonds is 5. The highest BCUT2D eigenvalue weighted by atomic mass is 16.5. The summed E-state index contributed by atoms with van der Waals surface area (Å²) in [7, 11) is 0. The Morgan fingerprint density at radius 1 is 1.30 bits per heavy atom. The van der Waals surface area contributed by atoms with Crippen LogP contribution in [0.25, 0.3) is 0 Å². The minimum Gasteiger partial charge on any atom is -0.491 e. The van der Waals surface area contributed by atoms with Crippen LogP contribution < -0.4 is 15.8 Å². The van der Waals surface area contributed by atoms with E-state index in [0.717, 1.165) is 0 Å². The third-order valence-corrected chi connectivity index (χ3v) is 2.93. The van der Waals surface area contributed by atoms with Crippen molar-refractivity contribution >= 4 is 11.6 Å². The van der Waals surface area contributed by atoms with Crippen molar-refractivity contribution in [3.05, 3.63) is 24.3 Å². The number of para-hydroxylation sites is 2. The second-order valence-corrected chi connectivity index (χ2v) is 6.53. The van der Waals surface area contributed by atoms with Gasteiger partial charge in [0.15, 0.2) is 0 Å². The molecule has 0 heterocycles. The molecule has 0 fully saturated rings. The summed E-state index contributed by atoms with van der Waals surface area (Å²) in [5, 5.41) is 2.85. The molecule has 3 N–H and O–H groups in total. The molecule has 0 saturated carbocycles. The molecule has 0 spiro atoms. The number of carbonyl (C=O) groups excluding carboxylic acids is 1. The SMILES string of the molecule is CC(C)COc1ccccc1NC(=O)C(N)C(C)(C)C. The summed E-state index contributed by atoms with van der Waals surface area (Å²) in [6, 6.07) is 6.85. The van der Waals surface area contributed by atoms with Crippen LogP contribution in [0, 0.1) is 11.3 Å². The van der Waals surface area contributed by atoms with Crippen molar-refractivity contribution in [1.82, 2.24) is 0 Å². The minimum absolute atomic E-state index is 0.196. The fourth-order valence-corrected chi connectivity index (χ4v) is 1.56. The molecule has 112 valence electrons. The Morgan fingerprint density at radius 2 is 1.90 bits per heavy atom. The number of ether oxygens (including phenoxy) is 1. The number of carbonyl (C=O) groups is 1. The van der Waals surface area contributed by atoms with Crippen LogP contribution >= 0.6 is 0 Å². The van der Waals surface area contributed by atoms with Crippen molar-refractivity contribution < 1.29 is 9.53 Å². The van der Waals surface area contributed by atoms with Gasteiger partial charge in [-0.05, 0) is 23.5 Å². The fraction of sp³-hybridized carbons (Fsp3) is 0.562. The third kappa shape index (κ3) is 4.85. The lowest BCUT2D eigenvalue weighted by molar-refractivity contribution is -0.119. The number of amides is 1. The van der Waals surface area contributed by atoms with Crippen LogP contribution in [0.15, 0.2) is 24.3 Å². The quantitative estimate of drug-likeness (QED) is 0.870. The normalized spacial score (nSPS) is 13.2. The number of benzene rings is 1. The monoisotopic (exact) mass is 278 g/mol. The second-order valence-electron chi connectivity index (χ2n) is 6.53. The Kier molecular flexibility index (Phi) is 5.57. The maximum Gasteiger partial charge on any atom is 0.241 e. The summed E-state index contributed by atoms with van der Waals surface area (Å²) in [6.07, 6.45) is 0. The van der Waals surface area contributed by atoms with Gasteiger partial charge < -0.3 is 15.8 Å². The Balaban J connectivity index is 2.79. The third-order valence-electron chi connectivity index (χ3n) is 2.93. The summed E-state index contributed by atoms with van der Waals surface area (Å²) in [4.78, 5) is 12.2. The Morgan fingerprint density at radius 3 is 2.45 bits per heavy atom. The average molecular weight is 278 g/mol. The van der Waals surface area contributed by atoms with Crippen LogP contribution in [0.2, 0.25) is 0 Å². The van der Waals surface area contributed by atoms with E-state index in [2.05, 4.69) is 19.2 Å². The molecule has 0 bridgehead atoms. The smallest absolute Gasteiger partial charge is 0.241 e. The van der Waals surface area contributed by atoms with Gasteiger partial charge in [0.05, 0.1) is 18.3 Å². The van der Waals surface area contributed by atoms with Crippen LogP contribution in [0.4, 0.5) is 5.69 Å². The van der Waals surface area contributed by atoms with Crippen molar-refractivity contribution in [3.63, 3.8) is 0 Å². The predicted octanol–water partition coefficient (Wildman–Crippen LogP) is 3.03. The predicted molar refractivity (Wildman–Crippen MR) is 82.8 cm³/mol. The molecule has 1 rings (SSSR count). The number of nitrogens with one attached hydrogen (secondary N) is 1. The number of nitrogens with two attached hydrogens (primary N) is 1. The van der Waals surface area contributed by atoms with Crippen LogP contribution in [0.1, 0.15) is 34.6 Å². The average Bonchev–Trinajstić information content (AvgIpc) is 2.35. The van der Waals surface area contributed by atoms with E-state index < -0.39 is 6.04 Å². The summed E-state index contributed by atoms with van der Waals surface area (Å²) >= 11 is 0. The van der Waals surface area contributed by atoms with Gasteiger partial charge in [0.1, 0.15) is 5.75 Å². The minimum atomic E-state index is -0.569. The molecule has 1 amide bonds. The number of anilines is 1. The largest absolute Gasteiger partial charge is 0.491 e. The lowest BCUT2D eigenvalue weighted by atomic mass is 9.87. The van der Waals surface area contributed by atoms with Crippen molar-refractivity contribution in [3.8, 4) is 5.75 Å². The molecule has 1 aromatic rings. The molecule has 1 atom stereocenters. The van der Waals surface area contributed by atoms with E-state index in [0.29, 0.717) is 24.0 Å². The Hall–Kier alpha value is -1.55. The van der Waals surface area contributed by atoms with E-state index >= 15 is 0 Å². The van der Waals surface area contributed by atoms with Gasteiger partial charge in [-0.2, -0.15) is 0 Å². The molecule has 4 nitrogen and oxygen atoms in total. The topological polar surface area (TPSA) is 64.3 Å². The lowest BCUT2D eigenvalue weighted by Crippen LogP contribution is -2.45. The van der Waals surface area contributed by atoms with Gasteiger partial charge in [0, 0.05) is 0 Å². The zero-order chi connectivity index (χ0) is 15.3. The molecule has 0 saturated heterocycles. The van der Waals surface area contributed by atoms with E-state index in [9.17, 15) is 4.79 Å². The van der Waals surface area contributed by atoms with Gasteiger partial charge in [0.25, 0.3) is 0 Å². The molecule has 20 heavy (non-hydrogen) atoms. The van der Waals surface area contributed by atoms with Crippen molar-refractivity contribution in [1.29, 1.82) is 0 Å². The van der Waals surface area contributed by atoms with Crippen LogP contribution in [-0.4, -0.2) is 18.6 Å². The standard InChI is InChI=1S/C16H26N2O2/c1-11(2)10-20-13-9-7-6-8-12(13)18-15(19)14(17)16(3,4)5/h6-9,11,14H,10,17H2,1-5H3,(H,18,19). The first-order valence-corrected chi connectivity index (χ1v) is 7.00. The summed E-state index contributed by atoms with van der Waals surface area (Å²) in [6.45, 7) is 10.6. The lowest BCUT2D eigenvalue weighted by Gasteiger charge is -2.26. The van der Waals surface area contributed by atoms with Gasteiger partial charge in [-0.3, -0.25) is 4.79 Å². The Labute approximate surface area is 121 Å². The molecular formula is C16H26N2O2. The second kappa shape index (κ2) is 6.75. The van der Waals surface area contributed by atoms with E-state index in [1.54, 1.807) is 0 Å². The molecule has 4 heteroatoms. The van der Waals surface area contributed by atoms with Gasteiger partial charge in [-0.25, -0.2) is 0 Å². The first kappa shape index (κ1) is 16.5. The molecule has 0 aliphatic rings. The first-order chi connectivity index (χ1) is 9.21. The maximum atomic E-state index is 12.2. The zero-order valence-corrected chi connectivity index (χ0v) is 13.1. The van der Waals surface area contributed by atoms with Crippen LogP contribution in [0.3, 0.4) is 0 Å². The molecule has 1 unspecified atom stereocenters. The van der Waals surface area contributed by atoms with E-state index in [1.165, 1.54) is 0 Å². The highest BCUT2D eigenvalue weighted by Gasteiger charge is 2.27. The van der Waals surface area contributed by atoms with Crippen LogP contribution in [0.5, 0.6) is 5.75 Å². The van der Waals surface area contributed by atoms with Gasteiger partial charge in [-0.15, -0.1) is 0 Å². The first-order valence-electron chi connectivity index (χ1n) is 7.00. The maximum absolute atomic E-state index is 12.2.